The van der Waals surface area contributed by atoms with Gasteiger partial charge in [-0.15, -0.1) is 0 Å². The molecular formula is C17H20BrNO2. The lowest BCUT2D eigenvalue weighted by Crippen LogP contribution is -2.19. The van der Waals surface area contributed by atoms with E-state index in [0.717, 1.165) is 16.9 Å². The van der Waals surface area contributed by atoms with Crippen LogP contribution >= 0.6 is 15.9 Å². The van der Waals surface area contributed by atoms with Gasteiger partial charge in [0.15, 0.2) is 0 Å². The van der Waals surface area contributed by atoms with Gasteiger partial charge >= 0.3 is 0 Å². The van der Waals surface area contributed by atoms with Crippen LogP contribution in [0.15, 0.2) is 40.9 Å². The van der Waals surface area contributed by atoms with Crippen molar-refractivity contribution in [1.29, 1.82) is 0 Å². The number of para-hydroxylation sites is 1. The zero-order valence-corrected chi connectivity index (χ0v) is 14.1. The van der Waals surface area contributed by atoms with Crippen molar-refractivity contribution in [3.8, 4) is 11.5 Å². The normalized spacial score (nSPS) is 12.2. The van der Waals surface area contributed by atoms with Crippen LogP contribution in [0.1, 0.15) is 29.7 Å². The molecule has 2 N–H and O–H groups in total. The summed E-state index contributed by atoms with van der Waals surface area (Å²) >= 11 is 3.33. The number of phenols is 1. The topological polar surface area (TPSA) is 41.5 Å². The van der Waals surface area contributed by atoms with Crippen LogP contribution in [0.2, 0.25) is 0 Å². The van der Waals surface area contributed by atoms with Gasteiger partial charge in [-0.05, 0) is 41.9 Å². The predicted octanol–water partition coefficient (Wildman–Crippen LogP) is 4.32. The highest BCUT2D eigenvalue weighted by Gasteiger charge is 2.12. The van der Waals surface area contributed by atoms with E-state index in [1.807, 2.05) is 30.3 Å². The van der Waals surface area contributed by atoms with E-state index in [4.69, 9.17) is 4.74 Å². The van der Waals surface area contributed by atoms with E-state index in [9.17, 15) is 5.11 Å². The SMILES string of the molecule is COc1ccc(C)cc1C(C)NCc1cccc(Br)c1O. The second-order valence-corrected chi connectivity index (χ2v) is 5.95. The van der Waals surface area contributed by atoms with Crippen molar-refractivity contribution in [3.05, 3.63) is 57.6 Å². The standard InChI is InChI=1S/C17H20BrNO2/c1-11-7-8-16(21-3)14(9-11)12(2)19-10-13-5-4-6-15(18)17(13)20/h4-9,12,19-20H,10H2,1-3H3. The number of methoxy groups -OCH3 is 1. The predicted molar refractivity (Wildman–Crippen MR) is 88.8 cm³/mol. The third kappa shape index (κ3) is 3.77. The van der Waals surface area contributed by atoms with Crippen LogP contribution in [-0.2, 0) is 6.54 Å². The lowest BCUT2D eigenvalue weighted by Gasteiger charge is -2.18. The fraction of sp³-hybridized carbons (Fsp3) is 0.294. The van der Waals surface area contributed by atoms with Gasteiger partial charge in [0.2, 0.25) is 0 Å². The van der Waals surface area contributed by atoms with Crippen LogP contribution in [0, 0.1) is 6.92 Å². The summed E-state index contributed by atoms with van der Waals surface area (Å²) in [4.78, 5) is 0. The molecule has 2 rings (SSSR count). The first-order valence-electron chi connectivity index (χ1n) is 6.87. The molecule has 0 saturated carbocycles. The maximum Gasteiger partial charge on any atom is 0.134 e. The first-order valence-corrected chi connectivity index (χ1v) is 7.66. The van der Waals surface area contributed by atoms with Crippen LogP contribution in [0.5, 0.6) is 11.5 Å². The lowest BCUT2D eigenvalue weighted by atomic mass is 10.0. The molecule has 0 radical (unpaired) electrons. The van der Waals surface area contributed by atoms with E-state index in [2.05, 4.69) is 41.2 Å². The molecule has 2 aromatic carbocycles. The summed E-state index contributed by atoms with van der Waals surface area (Å²) in [6, 6.07) is 11.9. The van der Waals surface area contributed by atoms with Gasteiger partial charge in [0.1, 0.15) is 11.5 Å². The number of hydrogen-bond acceptors (Lipinski definition) is 3. The highest BCUT2D eigenvalue weighted by molar-refractivity contribution is 9.10. The Labute approximate surface area is 134 Å². The van der Waals surface area contributed by atoms with Crippen molar-refractivity contribution in [2.75, 3.05) is 7.11 Å². The van der Waals surface area contributed by atoms with E-state index in [0.29, 0.717) is 11.0 Å². The summed E-state index contributed by atoms with van der Waals surface area (Å²) < 4.78 is 6.13. The van der Waals surface area contributed by atoms with Crippen LogP contribution in [0.25, 0.3) is 0 Å². The van der Waals surface area contributed by atoms with Gasteiger partial charge in [-0.2, -0.15) is 0 Å². The summed E-state index contributed by atoms with van der Waals surface area (Å²) in [5.41, 5.74) is 3.18. The number of halogens is 1. The molecular weight excluding hydrogens is 330 g/mol. The first kappa shape index (κ1) is 15.9. The summed E-state index contributed by atoms with van der Waals surface area (Å²) in [5.74, 6) is 1.16. The Kier molecular flexibility index (Phi) is 5.26. The molecule has 0 bridgehead atoms. The minimum absolute atomic E-state index is 0.123. The minimum atomic E-state index is 0.123. The van der Waals surface area contributed by atoms with E-state index < -0.39 is 0 Å². The van der Waals surface area contributed by atoms with Crippen LogP contribution in [0.4, 0.5) is 0 Å². The second kappa shape index (κ2) is 6.96. The quantitative estimate of drug-likeness (QED) is 0.844. The summed E-state index contributed by atoms with van der Waals surface area (Å²) in [7, 11) is 1.68. The molecule has 0 aliphatic rings. The number of benzene rings is 2. The van der Waals surface area contributed by atoms with E-state index in [-0.39, 0.29) is 11.8 Å². The zero-order valence-electron chi connectivity index (χ0n) is 12.5. The van der Waals surface area contributed by atoms with E-state index >= 15 is 0 Å². The summed E-state index contributed by atoms with van der Waals surface area (Å²) in [6.45, 7) is 4.74. The van der Waals surface area contributed by atoms with Gasteiger partial charge in [-0.1, -0.05) is 29.8 Å². The Bertz CT molecular complexity index is 628. The van der Waals surface area contributed by atoms with Gasteiger partial charge in [-0.25, -0.2) is 0 Å². The van der Waals surface area contributed by atoms with Gasteiger partial charge in [-0.3, -0.25) is 0 Å². The molecule has 0 heterocycles. The molecule has 1 unspecified atom stereocenters. The highest BCUT2D eigenvalue weighted by atomic mass is 79.9. The zero-order chi connectivity index (χ0) is 15.4. The van der Waals surface area contributed by atoms with Crippen molar-refractivity contribution < 1.29 is 9.84 Å². The Balaban J connectivity index is 2.13. The third-order valence-electron chi connectivity index (χ3n) is 3.52. The van der Waals surface area contributed by atoms with Crippen LogP contribution in [0.3, 0.4) is 0 Å². The molecule has 0 aromatic heterocycles. The minimum Gasteiger partial charge on any atom is -0.506 e. The van der Waals surface area contributed by atoms with E-state index in [1.165, 1.54) is 5.56 Å². The molecule has 21 heavy (non-hydrogen) atoms. The highest BCUT2D eigenvalue weighted by Crippen LogP contribution is 2.29. The van der Waals surface area contributed by atoms with Crippen LogP contribution in [-0.4, -0.2) is 12.2 Å². The Morgan fingerprint density at radius 3 is 2.76 bits per heavy atom. The Hall–Kier alpha value is -1.52. The average molecular weight is 350 g/mol. The monoisotopic (exact) mass is 349 g/mol. The second-order valence-electron chi connectivity index (χ2n) is 5.10. The van der Waals surface area contributed by atoms with Gasteiger partial charge in [0, 0.05) is 23.7 Å². The summed E-state index contributed by atoms with van der Waals surface area (Å²) in [6.07, 6.45) is 0. The van der Waals surface area contributed by atoms with Crippen molar-refractivity contribution >= 4 is 15.9 Å². The number of aromatic hydroxyl groups is 1. The molecule has 4 heteroatoms. The number of phenolic OH excluding ortho intramolecular Hbond substituents is 1. The van der Waals surface area contributed by atoms with Gasteiger partial charge < -0.3 is 15.2 Å². The van der Waals surface area contributed by atoms with Gasteiger partial charge in [0.25, 0.3) is 0 Å². The van der Waals surface area contributed by atoms with Crippen LogP contribution < -0.4 is 10.1 Å². The molecule has 0 saturated heterocycles. The van der Waals surface area contributed by atoms with Crippen molar-refractivity contribution in [2.24, 2.45) is 0 Å². The number of rotatable bonds is 5. The summed E-state index contributed by atoms with van der Waals surface area (Å²) in [5, 5.41) is 13.4. The lowest BCUT2D eigenvalue weighted by molar-refractivity contribution is 0.400. The average Bonchev–Trinajstić information content (AvgIpc) is 2.48. The largest absolute Gasteiger partial charge is 0.506 e. The molecule has 112 valence electrons. The van der Waals surface area contributed by atoms with E-state index in [1.54, 1.807) is 7.11 Å². The molecule has 0 amide bonds. The maximum atomic E-state index is 10.0. The molecule has 0 fully saturated rings. The number of hydrogen-bond donors (Lipinski definition) is 2. The smallest absolute Gasteiger partial charge is 0.134 e. The molecule has 2 aromatic rings. The third-order valence-corrected chi connectivity index (χ3v) is 4.16. The van der Waals surface area contributed by atoms with Crippen molar-refractivity contribution in [3.63, 3.8) is 0 Å². The number of aryl methyl sites for hydroxylation is 1. The Morgan fingerprint density at radius 2 is 2.05 bits per heavy atom. The van der Waals surface area contributed by atoms with Gasteiger partial charge in [0.05, 0.1) is 11.6 Å². The number of ether oxygens (including phenoxy) is 1. The van der Waals surface area contributed by atoms with Crippen molar-refractivity contribution in [1.82, 2.24) is 5.32 Å². The molecule has 3 nitrogen and oxygen atoms in total. The Morgan fingerprint density at radius 1 is 1.29 bits per heavy atom. The maximum absolute atomic E-state index is 10.0. The molecule has 0 spiro atoms. The molecule has 0 aliphatic heterocycles. The first-order chi connectivity index (χ1) is 10.0. The molecule has 0 aliphatic carbocycles. The fourth-order valence-electron chi connectivity index (χ4n) is 2.27. The number of nitrogens with one attached hydrogen (secondary N) is 1. The molecule has 1 atom stereocenters. The fourth-order valence-corrected chi connectivity index (χ4v) is 2.68. The van der Waals surface area contributed by atoms with Crippen molar-refractivity contribution in [2.45, 2.75) is 26.4 Å².